The molecular formula is C17H32O. The fourth-order valence-corrected chi connectivity index (χ4v) is 4.24. The Balaban J connectivity index is 1.67. The van der Waals surface area contributed by atoms with Crippen molar-refractivity contribution in [1.82, 2.24) is 0 Å². The quantitative estimate of drug-likeness (QED) is 0.654. The van der Waals surface area contributed by atoms with Gasteiger partial charge in [-0.1, -0.05) is 39.0 Å². The van der Waals surface area contributed by atoms with Crippen LogP contribution in [-0.4, -0.2) is 13.2 Å². The summed E-state index contributed by atoms with van der Waals surface area (Å²) >= 11 is 0. The molecule has 106 valence electrons. The monoisotopic (exact) mass is 252 g/mol. The predicted molar refractivity (Wildman–Crippen MR) is 77.7 cm³/mol. The molecule has 18 heavy (non-hydrogen) atoms. The van der Waals surface area contributed by atoms with Crippen molar-refractivity contribution in [2.45, 2.75) is 83.7 Å². The van der Waals surface area contributed by atoms with Crippen molar-refractivity contribution in [2.24, 2.45) is 17.8 Å². The van der Waals surface area contributed by atoms with Crippen LogP contribution in [0, 0.1) is 17.8 Å². The molecule has 2 saturated carbocycles. The van der Waals surface area contributed by atoms with Gasteiger partial charge in [-0.2, -0.15) is 0 Å². The van der Waals surface area contributed by atoms with Crippen molar-refractivity contribution in [2.75, 3.05) is 7.11 Å². The maximum atomic E-state index is 5.49. The Kier molecular flexibility index (Phi) is 6.01. The molecule has 0 atom stereocenters. The Morgan fingerprint density at radius 3 is 1.89 bits per heavy atom. The van der Waals surface area contributed by atoms with Gasteiger partial charge in [0, 0.05) is 7.11 Å². The third-order valence-corrected chi connectivity index (χ3v) is 5.58. The molecule has 0 aromatic heterocycles. The molecule has 2 aliphatic rings. The average molecular weight is 252 g/mol. The second kappa shape index (κ2) is 7.53. The molecule has 0 unspecified atom stereocenters. The largest absolute Gasteiger partial charge is 0.381 e. The molecule has 1 nitrogen and oxygen atoms in total. The lowest BCUT2D eigenvalue weighted by molar-refractivity contribution is 0.0391. The van der Waals surface area contributed by atoms with Crippen LogP contribution in [0.15, 0.2) is 0 Å². The Morgan fingerprint density at radius 2 is 1.39 bits per heavy atom. The smallest absolute Gasteiger partial charge is 0.0571 e. The van der Waals surface area contributed by atoms with E-state index in [0.717, 1.165) is 17.8 Å². The first-order valence-electron chi connectivity index (χ1n) is 8.36. The maximum absolute atomic E-state index is 5.49. The van der Waals surface area contributed by atoms with Crippen LogP contribution < -0.4 is 0 Å². The SMILES string of the molecule is CCCCC1CCC([C@H]2CC[C@H](OC)CC2)CC1. The molecule has 0 heterocycles. The molecule has 0 bridgehead atoms. The van der Waals surface area contributed by atoms with Gasteiger partial charge in [-0.15, -0.1) is 0 Å². The van der Waals surface area contributed by atoms with E-state index >= 15 is 0 Å². The molecule has 0 saturated heterocycles. The van der Waals surface area contributed by atoms with Crippen LogP contribution in [0.1, 0.15) is 77.6 Å². The van der Waals surface area contributed by atoms with Gasteiger partial charge in [-0.05, 0) is 56.3 Å². The van der Waals surface area contributed by atoms with Crippen LogP contribution in [0.5, 0.6) is 0 Å². The van der Waals surface area contributed by atoms with Crippen molar-refractivity contribution in [3.8, 4) is 0 Å². The zero-order chi connectivity index (χ0) is 12.8. The molecule has 0 amide bonds. The van der Waals surface area contributed by atoms with E-state index in [2.05, 4.69) is 6.92 Å². The van der Waals surface area contributed by atoms with Gasteiger partial charge in [0.25, 0.3) is 0 Å². The number of unbranched alkanes of at least 4 members (excludes halogenated alkanes) is 1. The molecule has 0 radical (unpaired) electrons. The molecule has 1 heteroatoms. The molecule has 2 fully saturated rings. The van der Waals surface area contributed by atoms with Crippen molar-refractivity contribution in [1.29, 1.82) is 0 Å². The van der Waals surface area contributed by atoms with E-state index in [1.54, 1.807) is 0 Å². The lowest BCUT2D eigenvalue weighted by Gasteiger charge is -2.37. The highest BCUT2D eigenvalue weighted by Crippen LogP contribution is 2.41. The average Bonchev–Trinajstić information content (AvgIpc) is 2.46. The van der Waals surface area contributed by atoms with E-state index < -0.39 is 0 Å². The summed E-state index contributed by atoms with van der Waals surface area (Å²) in [6, 6.07) is 0. The molecule has 0 aromatic carbocycles. The second-order valence-corrected chi connectivity index (χ2v) is 6.70. The number of hydrogen-bond acceptors (Lipinski definition) is 1. The summed E-state index contributed by atoms with van der Waals surface area (Å²) in [5, 5.41) is 0. The van der Waals surface area contributed by atoms with Gasteiger partial charge in [0.2, 0.25) is 0 Å². The van der Waals surface area contributed by atoms with Crippen LogP contribution >= 0.6 is 0 Å². The van der Waals surface area contributed by atoms with Gasteiger partial charge in [0.1, 0.15) is 0 Å². The molecule has 2 aliphatic carbocycles. The van der Waals surface area contributed by atoms with E-state index in [1.807, 2.05) is 7.11 Å². The summed E-state index contributed by atoms with van der Waals surface area (Å²) < 4.78 is 5.49. The summed E-state index contributed by atoms with van der Waals surface area (Å²) in [6.45, 7) is 2.32. The number of rotatable bonds is 5. The Labute approximate surface area is 114 Å². The van der Waals surface area contributed by atoms with Gasteiger partial charge in [0.15, 0.2) is 0 Å². The van der Waals surface area contributed by atoms with Gasteiger partial charge in [0.05, 0.1) is 6.10 Å². The summed E-state index contributed by atoms with van der Waals surface area (Å²) in [7, 11) is 1.88. The summed E-state index contributed by atoms with van der Waals surface area (Å²) in [4.78, 5) is 0. The summed E-state index contributed by atoms with van der Waals surface area (Å²) in [6.07, 6.45) is 16.5. The highest BCUT2D eigenvalue weighted by Gasteiger charge is 2.30. The van der Waals surface area contributed by atoms with E-state index in [0.29, 0.717) is 6.10 Å². The summed E-state index contributed by atoms with van der Waals surface area (Å²) in [5.74, 6) is 3.15. The van der Waals surface area contributed by atoms with Gasteiger partial charge in [-0.25, -0.2) is 0 Å². The van der Waals surface area contributed by atoms with Crippen LogP contribution in [0.2, 0.25) is 0 Å². The normalized spacial score (nSPS) is 37.7. The molecular weight excluding hydrogens is 220 g/mol. The molecule has 0 aromatic rings. The molecule has 0 aliphatic heterocycles. The molecule has 2 rings (SSSR count). The Bertz CT molecular complexity index is 210. The Hall–Kier alpha value is -0.0400. The van der Waals surface area contributed by atoms with Crippen LogP contribution in [0.3, 0.4) is 0 Å². The fourth-order valence-electron chi connectivity index (χ4n) is 4.24. The minimum absolute atomic E-state index is 0.571. The molecule has 0 spiro atoms. The maximum Gasteiger partial charge on any atom is 0.0571 e. The van der Waals surface area contributed by atoms with Crippen molar-refractivity contribution in [3.63, 3.8) is 0 Å². The predicted octanol–water partition coefficient (Wildman–Crippen LogP) is 5.19. The fraction of sp³-hybridized carbons (Fsp3) is 1.00. The minimum atomic E-state index is 0.571. The van der Waals surface area contributed by atoms with E-state index in [1.165, 1.54) is 70.6 Å². The van der Waals surface area contributed by atoms with E-state index in [4.69, 9.17) is 4.74 Å². The molecule has 0 N–H and O–H groups in total. The number of ether oxygens (including phenoxy) is 1. The van der Waals surface area contributed by atoms with Crippen LogP contribution in [0.25, 0.3) is 0 Å². The third-order valence-electron chi connectivity index (χ3n) is 5.58. The highest BCUT2D eigenvalue weighted by atomic mass is 16.5. The summed E-state index contributed by atoms with van der Waals surface area (Å²) in [5.41, 5.74) is 0. The van der Waals surface area contributed by atoms with Gasteiger partial charge < -0.3 is 4.74 Å². The van der Waals surface area contributed by atoms with Crippen LogP contribution in [-0.2, 0) is 4.74 Å². The van der Waals surface area contributed by atoms with E-state index in [-0.39, 0.29) is 0 Å². The Morgan fingerprint density at radius 1 is 0.833 bits per heavy atom. The first-order chi connectivity index (χ1) is 8.83. The highest BCUT2D eigenvalue weighted by molar-refractivity contribution is 4.82. The van der Waals surface area contributed by atoms with Crippen LogP contribution in [0.4, 0.5) is 0 Å². The lowest BCUT2D eigenvalue weighted by atomic mass is 9.70. The van der Waals surface area contributed by atoms with Crippen molar-refractivity contribution in [3.05, 3.63) is 0 Å². The van der Waals surface area contributed by atoms with Crippen molar-refractivity contribution >= 4 is 0 Å². The topological polar surface area (TPSA) is 9.23 Å². The number of methoxy groups -OCH3 is 1. The second-order valence-electron chi connectivity index (χ2n) is 6.70. The number of hydrogen-bond donors (Lipinski definition) is 0. The lowest BCUT2D eigenvalue weighted by Crippen LogP contribution is -2.28. The third kappa shape index (κ3) is 3.98. The first-order valence-corrected chi connectivity index (χ1v) is 8.36. The van der Waals surface area contributed by atoms with Gasteiger partial charge in [-0.3, -0.25) is 0 Å². The first kappa shape index (κ1) is 14.4. The zero-order valence-corrected chi connectivity index (χ0v) is 12.5. The zero-order valence-electron chi connectivity index (χ0n) is 12.5. The standard InChI is InChI=1S/C17H32O/c1-3-4-5-14-6-8-15(9-7-14)16-10-12-17(18-2)13-11-16/h14-17H,3-13H2,1-2H3/t14?,15?,16-,17-. The van der Waals surface area contributed by atoms with Gasteiger partial charge >= 0.3 is 0 Å². The van der Waals surface area contributed by atoms with E-state index in [9.17, 15) is 0 Å². The minimum Gasteiger partial charge on any atom is -0.381 e. The van der Waals surface area contributed by atoms with Crippen molar-refractivity contribution < 1.29 is 4.74 Å².